The topological polar surface area (TPSA) is 0 Å². The van der Waals surface area contributed by atoms with Crippen molar-refractivity contribution in [2.24, 2.45) is 0 Å². The van der Waals surface area contributed by atoms with Crippen molar-refractivity contribution in [3.05, 3.63) is 59.2 Å². The van der Waals surface area contributed by atoms with Gasteiger partial charge in [-0.3, -0.25) is 0 Å². The fourth-order valence-electron chi connectivity index (χ4n) is 2.04. The van der Waals surface area contributed by atoms with Crippen molar-refractivity contribution in [2.45, 2.75) is 6.42 Å². The van der Waals surface area contributed by atoms with Crippen LogP contribution in [0.1, 0.15) is 11.1 Å². The third-order valence-electron chi connectivity index (χ3n) is 2.74. The van der Waals surface area contributed by atoms with E-state index in [9.17, 15) is 8.78 Å². The lowest BCUT2D eigenvalue weighted by atomic mass is 10.1. The van der Waals surface area contributed by atoms with Crippen LogP contribution in [-0.4, -0.2) is 0 Å². The SMILES string of the molecule is Fc1[c]c2c(cc1F)-c1ccccc1C2. The van der Waals surface area contributed by atoms with Crippen LogP contribution in [0.2, 0.25) is 0 Å². The van der Waals surface area contributed by atoms with Crippen molar-refractivity contribution in [3.8, 4) is 11.1 Å². The molecule has 2 heteroatoms. The molecule has 3 rings (SSSR count). The first kappa shape index (κ1) is 8.60. The molecule has 1 radical (unpaired) electrons. The Morgan fingerprint density at radius 3 is 2.73 bits per heavy atom. The molecule has 1 aliphatic carbocycles. The van der Waals surface area contributed by atoms with Gasteiger partial charge in [0.2, 0.25) is 0 Å². The van der Waals surface area contributed by atoms with Crippen molar-refractivity contribution in [1.29, 1.82) is 0 Å². The van der Waals surface area contributed by atoms with Gasteiger partial charge in [-0.1, -0.05) is 24.3 Å². The van der Waals surface area contributed by atoms with E-state index >= 15 is 0 Å². The fourth-order valence-corrected chi connectivity index (χ4v) is 2.04. The number of rotatable bonds is 0. The number of hydrogen-bond acceptors (Lipinski definition) is 0. The second-order valence-corrected chi connectivity index (χ2v) is 3.66. The molecule has 0 aliphatic heterocycles. The highest BCUT2D eigenvalue weighted by atomic mass is 19.2. The molecule has 0 atom stereocenters. The van der Waals surface area contributed by atoms with Crippen LogP contribution in [0, 0.1) is 17.7 Å². The fraction of sp³-hybridized carbons (Fsp3) is 0.0769. The van der Waals surface area contributed by atoms with E-state index in [1.807, 2.05) is 24.3 Å². The van der Waals surface area contributed by atoms with E-state index in [0.717, 1.165) is 22.3 Å². The van der Waals surface area contributed by atoms with Gasteiger partial charge in [0.15, 0.2) is 11.6 Å². The molecule has 73 valence electrons. The minimum Gasteiger partial charge on any atom is -0.204 e. The number of hydrogen-bond donors (Lipinski definition) is 0. The van der Waals surface area contributed by atoms with Gasteiger partial charge in [0.1, 0.15) is 0 Å². The molecule has 0 saturated heterocycles. The zero-order valence-corrected chi connectivity index (χ0v) is 7.85. The Morgan fingerprint density at radius 2 is 1.87 bits per heavy atom. The molecule has 0 spiro atoms. The largest absolute Gasteiger partial charge is 0.204 e. The van der Waals surface area contributed by atoms with Crippen LogP contribution in [0.4, 0.5) is 8.78 Å². The van der Waals surface area contributed by atoms with E-state index in [1.165, 1.54) is 6.07 Å². The summed E-state index contributed by atoms with van der Waals surface area (Å²) in [6, 6.07) is 11.4. The predicted octanol–water partition coefficient (Wildman–Crippen LogP) is 3.34. The molecule has 2 aromatic carbocycles. The standard InChI is InChI=1S/C13H7F2/c14-12-6-9-5-8-3-1-2-4-10(8)11(9)7-13(12)15/h1-4,7H,5H2. The summed E-state index contributed by atoms with van der Waals surface area (Å²) in [4.78, 5) is 0. The molecule has 0 fully saturated rings. The first-order chi connectivity index (χ1) is 7.25. The Hall–Kier alpha value is -1.70. The first-order valence-electron chi connectivity index (χ1n) is 4.74. The summed E-state index contributed by atoms with van der Waals surface area (Å²) < 4.78 is 26.0. The summed E-state index contributed by atoms with van der Waals surface area (Å²) in [6.07, 6.45) is 0.642. The summed E-state index contributed by atoms with van der Waals surface area (Å²) in [5, 5.41) is 0. The first-order valence-corrected chi connectivity index (χ1v) is 4.74. The molecule has 1 aliphatic rings. The highest BCUT2D eigenvalue weighted by Crippen LogP contribution is 2.36. The van der Waals surface area contributed by atoms with Crippen molar-refractivity contribution < 1.29 is 8.78 Å². The van der Waals surface area contributed by atoms with Gasteiger partial charge in [-0.05, 0) is 34.7 Å². The Balaban J connectivity index is 2.29. The van der Waals surface area contributed by atoms with Crippen LogP contribution in [0.3, 0.4) is 0 Å². The molecule has 0 N–H and O–H groups in total. The Bertz CT molecular complexity index is 544. The normalized spacial score (nSPS) is 12.4. The van der Waals surface area contributed by atoms with E-state index in [-0.39, 0.29) is 0 Å². The predicted molar refractivity (Wildman–Crippen MR) is 53.4 cm³/mol. The highest BCUT2D eigenvalue weighted by molar-refractivity contribution is 5.76. The summed E-state index contributed by atoms with van der Waals surface area (Å²) in [5.74, 6) is -1.72. The summed E-state index contributed by atoms with van der Waals surface area (Å²) in [5.41, 5.74) is 3.61. The van der Waals surface area contributed by atoms with Crippen LogP contribution in [0.15, 0.2) is 30.3 Å². The minimum absolute atomic E-state index is 0.642. The summed E-state index contributed by atoms with van der Waals surface area (Å²) in [7, 11) is 0. The summed E-state index contributed by atoms with van der Waals surface area (Å²) >= 11 is 0. The molecular formula is C13H7F2. The third-order valence-corrected chi connectivity index (χ3v) is 2.74. The van der Waals surface area contributed by atoms with Gasteiger partial charge in [-0.2, -0.15) is 0 Å². The number of benzene rings is 2. The van der Waals surface area contributed by atoms with Crippen molar-refractivity contribution >= 4 is 0 Å². The van der Waals surface area contributed by atoms with Crippen molar-refractivity contribution in [3.63, 3.8) is 0 Å². The van der Waals surface area contributed by atoms with Gasteiger partial charge < -0.3 is 0 Å². The van der Waals surface area contributed by atoms with E-state index in [0.29, 0.717) is 6.42 Å². The molecular weight excluding hydrogens is 194 g/mol. The molecule has 0 saturated carbocycles. The van der Waals surface area contributed by atoms with E-state index in [1.54, 1.807) is 0 Å². The maximum atomic E-state index is 13.1. The maximum absolute atomic E-state index is 13.1. The lowest BCUT2D eigenvalue weighted by molar-refractivity contribution is 0.506. The zero-order chi connectivity index (χ0) is 10.4. The van der Waals surface area contributed by atoms with E-state index < -0.39 is 11.6 Å². The number of halogens is 2. The van der Waals surface area contributed by atoms with Crippen LogP contribution >= 0.6 is 0 Å². The number of fused-ring (bicyclic) bond motifs is 3. The monoisotopic (exact) mass is 201 g/mol. The van der Waals surface area contributed by atoms with Crippen molar-refractivity contribution in [1.82, 2.24) is 0 Å². The quantitative estimate of drug-likeness (QED) is 0.523. The van der Waals surface area contributed by atoms with E-state index in [2.05, 4.69) is 6.07 Å². The summed E-state index contributed by atoms with van der Waals surface area (Å²) in [6.45, 7) is 0. The van der Waals surface area contributed by atoms with Gasteiger partial charge in [-0.25, -0.2) is 8.78 Å². The van der Waals surface area contributed by atoms with Crippen LogP contribution < -0.4 is 0 Å². The molecule has 0 amide bonds. The van der Waals surface area contributed by atoms with Crippen molar-refractivity contribution in [2.75, 3.05) is 0 Å². The van der Waals surface area contributed by atoms with Gasteiger partial charge in [-0.15, -0.1) is 0 Å². The van der Waals surface area contributed by atoms with E-state index in [4.69, 9.17) is 0 Å². The second kappa shape index (κ2) is 2.89. The smallest absolute Gasteiger partial charge is 0.167 e. The lowest BCUT2D eigenvalue weighted by Gasteiger charge is -2.00. The molecule has 0 heterocycles. The second-order valence-electron chi connectivity index (χ2n) is 3.66. The van der Waals surface area contributed by atoms with Crippen LogP contribution in [-0.2, 0) is 6.42 Å². The Labute approximate surface area is 86.2 Å². The van der Waals surface area contributed by atoms with Crippen LogP contribution in [0.5, 0.6) is 0 Å². The molecule has 0 unspecified atom stereocenters. The maximum Gasteiger partial charge on any atom is 0.167 e. The average molecular weight is 201 g/mol. The molecule has 2 aromatic rings. The molecule has 0 bridgehead atoms. The van der Waals surface area contributed by atoms with Gasteiger partial charge in [0.25, 0.3) is 0 Å². The molecule has 0 aromatic heterocycles. The highest BCUT2D eigenvalue weighted by Gasteiger charge is 2.20. The minimum atomic E-state index is -0.887. The zero-order valence-electron chi connectivity index (χ0n) is 7.85. The van der Waals surface area contributed by atoms with Gasteiger partial charge in [0.05, 0.1) is 0 Å². The van der Waals surface area contributed by atoms with Crippen LogP contribution in [0.25, 0.3) is 11.1 Å². The third kappa shape index (κ3) is 1.18. The molecule has 15 heavy (non-hydrogen) atoms. The lowest BCUT2D eigenvalue weighted by Crippen LogP contribution is -1.88. The van der Waals surface area contributed by atoms with Gasteiger partial charge >= 0.3 is 0 Å². The van der Waals surface area contributed by atoms with Gasteiger partial charge in [0, 0.05) is 6.07 Å². The average Bonchev–Trinajstić information content (AvgIpc) is 2.57. The Kier molecular flexibility index (Phi) is 1.66. The molecule has 0 nitrogen and oxygen atoms in total. The Morgan fingerprint density at radius 1 is 1.07 bits per heavy atom.